The Morgan fingerprint density at radius 2 is 2.00 bits per heavy atom. The Labute approximate surface area is 160 Å². The number of amides is 1. The van der Waals surface area contributed by atoms with Crippen LogP contribution in [-0.4, -0.2) is 34.1 Å². The fourth-order valence-corrected chi connectivity index (χ4v) is 3.34. The molecule has 0 fully saturated rings. The molecule has 0 N–H and O–H groups in total. The van der Waals surface area contributed by atoms with Gasteiger partial charge in [0.05, 0.1) is 12.7 Å². The summed E-state index contributed by atoms with van der Waals surface area (Å²) in [6, 6.07) is 14.4. The number of benzene rings is 2. The fraction of sp³-hybridized carbons (Fsp3) is 0.250. The molecule has 0 radical (unpaired) electrons. The minimum Gasteiger partial charge on any atom is -0.435 e. The lowest BCUT2D eigenvalue weighted by atomic mass is 10.0. The van der Waals surface area contributed by atoms with Gasteiger partial charge in [0, 0.05) is 12.2 Å². The number of alkyl halides is 2. The van der Waals surface area contributed by atoms with E-state index in [1.54, 1.807) is 27.9 Å². The van der Waals surface area contributed by atoms with Crippen molar-refractivity contribution in [1.82, 2.24) is 15.0 Å². The predicted octanol–water partition coefficient (Wildman–Crippen LogP) is 3.52. The highest BCUT2D eigenvalue weighted by molar-refractivity contribution is 6.05. The molecule has 8 heteroatoms. The van der Waals surface area contributed by atoms with Crippen LogP contribution in [0.15, 0.2) is 54.7 Å². The molecule has 1 amide bonds. The normalized spacial score (nSPS) is 13.5. The number of fused-ring (bicyclic) bond motifs is 1. The Hall–Kier alpha value is -3.29. The van der Waals surface area contributed by atoms with E-state index >= 15 is 0 Å². The molecule has 0 unspecified atom stereocenters. The number of carbonyl (C=O) groups is 1. The summed E-state index contributed by atoms with van der Waals surface area (Å²) in [6.07, 6.45) is 3.05. The summed E-state index contributed by atoms with van der Waals surface area (Å²) < 4.78 is 30.9. The van der Waals surface area contributed by atoms with Crippen molar-refractivity contribution in [1.29, 1.82) is 0 Å². The second-order valence-electron chi connectivity index (χ2n) is 6.52. The summed E-state index contributed by atoms with van der Waals surface area (Å²) in [6.45, 7) is -1.82. The minimum absolute atomic E-state index is 0.0943. The third-order valence-corrected chi connectivity index (χ3v) is 4.59. The number of aromatic nitrogens is 3. The van der Waals surface area contributed by atoms with Crippen LogP contribution in [0.4, 0.5) is 14.5 Å². The van der Waals surface area contributed by atoms with Crippen molar-refractivity contribution < 1.29 is 18.3 Å². The maximum absolute atomic E-state index is 12.9. The molecular weight excluding hydrogens is 366 g/mol. The third-order valence-electron chi connectivity index (χ3n) is 4.59. The van der Waals surface area contributed by atoms with Gasteiger partial charge >= 0.3 is 6.61 Å². The largest absolute Gasteiger partial charge is 0.435 e. The van der Waals surface area contributed by atoms with Gasteiger partial charge in [-0.1, -0.05) is 35.5 Å². The maximum Gasteiger partial charge on any atom is 0.387 e. The smallest absolute Gasteiger partial charge is 0.387 e. The molecule has 0 saturated heterocycles. The third kappa shape index (κ3) is 3.85. The van der Waals surface area contributed by atoms with Crippen molar-refractivity contribution in [2.75, 3.05) is 11.4 Å². The van der Waals surface area contributed by atoms with E-state index in [2.05, 4.69) is 15.0 Å². The van der Waals surface area contributed by atoms with Crippen LogP contribution >= 0.6 is 0 Å². The first kappa shape index (κ1) is 18.1. The summed E-state index contributed by atoms with van der Waals surface area (Å²) in [5, 5.41) is 8.06. The van der Waals surface area contributed by atoms with Crippen molar-refractivity contribution in [2.45, 2.75) is 26.0 Å². The topological polar surface area (TPSA) is 60.2 Å². The molecule has 0 atom stereocenters. The molecule has 0 spiro atoms. The van der Waals surface area contributed by atoms with E-state index in [1.165, 1.54) is 6.07 Å². The summed E-state index contributed by atoms with van der Waals surface area (Å²) in [5.74, 6) is -0.167. The Morgan fingerprint density at radius 3 is 2.79 bits per heavy atom. The van der Waals surface area contributed by atoms with Gasteiger partial charge < -0.3 is 9.64 Å². The lowest BCUT2D eigenvalue weighted by Crippen LogP contribution is -2.35. The Bertz CT molecular complexity index is 975. The van der Waals surface area contributed by atoms with Crippen LogP contribution in [0.3, 0.4) is 0 Å². The zero-order valence-electron chi connectivity index (χ0n) is 15.0. The molecule has 28 heavy (non-hydrogen) atoms. The van der Waals surface area contributed by atoms with Crippen LogP contribution in [0.25, 0.3) is 0 Å². The molecule has 4 rings (SSSR count). The summed E-state index contributed by atoms with van der Waals surface area (Å²) in [4.78, 5) is 14.6. The van der Waals surface area contributed by atoms with E-state index in [9.17, 15) is 13.6 Å². The second-order valence-corrected chi connectivity index (χ2v) is 6.52. The van der Waals surface area contributed by atoms with Gasteiger partial charge in [0.25, 0.3) is 5.91 Å². The van der Waals surface area contributed by atoms with Gasteiger partial charge in [-0.15, -0.1) is 5.10 Å². The quantitative estimate of drug-likeness (QED) is 0.675. The standard InChI is InChI=1S/C20H18F2N4O2/c21-20(22)28-16-8-9-18-15(11-16)7-4-10-26(18)19(27)17-13-25(24-23-17)12-14-5-2-1-3-6-14/h1-3,5-6,8-9,11,13,20H,4,7,10,12H2. The van der Waals surface area contributed by atoms with Crippen LogP contribution < -0.4 is 9.64 Å². The molecule has 3 aromatic rings. The average molecular weight is 384 g/mol. The number of aryl methyl sites for hydroxylation is 1. The minimum atomic E-state index is -2.88. The molecule has 2 heterocycles. The highest BCUT2D eigenvalue weighted by Gasteiger charge is 2.26. The number of ether oxygens (including phenoxy) is 1. The van der Waals surface area contributed by atoms with E-state index in [0.29, 0.717) is 25.2 Å². The van der Waals surface area contributed by atoms with Gasteiger partial charge in [0.15, 0.2) is 5.69 Å². The van der Waals surface area contributed by atoms with Gasteiger partial charge in [-0.3, -0.25) is 4.79 Å². The number of rotatable bonds is 5. The zero-order valence-corrected chi connectivity index (χ0v) is 15.0. The van der Waals surface area contributed by atoms with E-state index in [4.69, 9.17) is 0 Å². The van der Waals surface area contributed by atoms with E-state index < -0.39 is 6.61 Å². The molecule has 2 aromatic carbocycles. The van der Waals surface area contributed by atoms with Crippen LogP contribution in [-0.2, 0) is 13.0 Å². The van der Waals surface area contributed by atoms with Crippen LogP contribution in [0.1, 0.15) is 28.0 Å². The molecule has 1 aromatic heterocycles. The number of anilines is 1. The van der Waals surface area contributed by atoms with Crippen molar-refractivity contribution >= 4 is 11.6 Å². The van der Waals surface area contributed by atoms with Crippen molar-refractivity contribution in [3.8, 4) is 5.75 Å². The Kier molecular flexibility index (Phi) is 5.01. The summed E-state index contributed by atoms with van der Waals surface area (Å²) >= 11 is 0. The molecule has 1 aliphatic heterocycles. The van der Waals surface area contributed by atoms with Gasteiger partial charge in [0.1, 0.15) is 5.75 Å². The van der Waals surface area contributed by atoms with Crippen molar-refractivity contribution in [3.63, 3.8) is 0 Å². The monoisotopic (exact) mass is 384 g/mol. The lowest BCUT2D eigenvalue weighted by Gasteiger charge is -2.29. The molecule has 0 saturated carbocycles. The molecule has 6 nitrogen and oxygen atoms in total. The van der Waals surface area contributed by atoms with Gasteiger partial charge in [-0.25, -0.2) is 4.68 Å². The highest BCUT2D eigenvalue weighted by atomic mass is 19.3. The number of hydrogen-bond acceptors (Lipinski definition) is 4. The summed E-state index contributed by atoms with van der Waals surface area (Å²) in [7, 11) is 0. The summed E-state index contributed by atoms with van der Waals surface area (Å²) in [5.41, 5.74) is 2.79. The first-order valence-electron chi connectivity index (χ1n) is 8.94. The number of nitrogens with zero attached hydrogens (tertiary/aromatic N) is 4. The first-order chi connectivity index (χ1) is 13.6. The highest BCUT2D eigenvalue weighted by Crippen LogP contribution is 2.31. The molecular formula is C20H18F2N4O2. The molecule has 144 valence electrons. The van der Waals surface area contributed by atoms with E-state index in [-0.39, 0.29) is 17.4 Å². The molecule has 0 bridgehead atoms. The zero-order chi connectivity index (χ0) is 19.5. The van der Waals surface area contributed by atoms with Gasteiger partial charge in [-0.05, 0) is 42.2 Å². The maximum atomic E-state index is 12.9. The van der Waals surface area contributed by atoms with E-state index in [0.717, 1.165) is 17.5 Å². The molecule has 0 aliphatic carbocycles. The van der Waals surface area contributed by atoms with Gasteiger partial charge in [-0.2, -0.15) is 8.78 Å². The fourth-order valence-electron chi connectivity index (χ4n) is 3.34. The first-order valence-corrected chi connectivity index (χ1v) is 8.94. The number of carbonyl (C=O) groups excluding carboxylic acids is 1. The number of halogens is 2. The van der Waals surface area contributed by atoms with Gasteiger partial charge in [0.2, 0.25) is 0 Å². The number of hydrogen-bond donors (Lipinski definition) is 0. The van der Waals surface area contributed by atoms with Crippen LogP contribution in [0.2, 0.25) is 0 Å². The predicted molar refractivity (Wildman–Crippen MR) is 98.6 cm³/mol. The van der Waals surface area contributed by atoms with Crippen LogP contribution in [0.5, 0.6) is 5.75 Å². The van der Waals surface area contributed by atoms with E-state index in [1.807, 2.05) is 30.3 Å². The average Bonchev–Trinajstić information content (AvgIpc) is 3.15. The molecule has 1 aliphatic rings. The van der Waals surface area contributed by atoms with Crippen molar-refractivity contribution in [2.24, 2.45) is 0 Å². The second kappa shape index (κ2) is 7.75. The Morgan fingerprint density at radius 1 is 1.18 bits per heavy atom. The van der Waals surface area contributed by atoms with Crippen molar-refractivity contribution in [3.05, 3.63) is 71.5 Å². The Balaban J connectivity index is 1.53. The van der Waals surface area contributed by atoms with Crippen LogP contribution in [0, 0.1) is 0 Å². The SMILES string of the molecule is O=C(c1cn(Cc2ccccc2)nn1)N1CCCc2cc(OC(F)F)ccc21. The lowest BCUT2D eigenvalue weighted by molar-refractivity contribution is -0.0498.